The maximum atomic E-state index is 12.3. The molecule has 0 aliphatic carbocycles. The van der Waals surface area contributed by atoms with Crippen LogP contribution in [0.3, 0.4) is 0 Å². The van der Waals surface area contributed by atoms with Gasteiger partial charge in [-0.2, -0.15) is 0 Å². The molecule has 0 heterocycles. The van der Waals surface area contributed by atoms with E-state index in [1.165, 1.54) is 116 Å². The molecular weight excluding hydrogens is 401 g/mol. The molecule has 3 nitrogen and oxygen atoms in total. The van der Waals surface area contributed by atoms with Gasteiger partial charge in [-0.3, -0.25) is 4.79 Å². The van der Waals surface area contributed by atoms with Crippen LogP contribution < -0.4 is 0 Å². The molecule has 31 heavy (non-hydrogen) atoms. The van der Waals surface area contributed by atoms with E-state index in [-0.39, 0.29) is 11.9 Å². The van der Waals surface area contributed by atoms with Gasteiger partial charge >= 0.3 is 0 Å². The second-order valence-electron chi connectivity index (χ2n) is 10.7. The summed E-state index contributed by atoms with van der Waals surface area (Å²) in [7, 11) is 9.34. The Morgan fingerprint density at radius 3 is 1.26 bits per heavy atom. The molecule has 0 fully saturated rings. The first-order valence-electron chi connectivity index (χ1n) is 13.6. The molecule has 0 radical (unpaired) electrons. The Labute approximate surface area is 198 Å². The highest BCUT2D eigenvalue weighted by atomic mass is 31.0. The minimum atomic E-state index is -0.327. The number of nitrogens with zero attached hydrogens (tertiary/aromatic N) is 1. The first-order valence-corrected chi connectivity index (χ1v) is 14.0. The number of hydrogen-bond donors (Lipinski definition) is 0. The molecule has 0 aromatic carbocycles. The number of carbonyl (C=O) groups excluding carboxylic acids is 1. The molecule has 0 aliphatic heterocycles. The molecule has 0 aliphatic rings. The summed E-state index contributed by atoms with van der Waals surface area (Å²) in [5.74, 6) is 0.232. The minimum Gasteiger partial charge on any atom is -0.549 e. The molecule has 0 spiro atoms. The number of rotatable bonds is 24. The molecule has 1 atom stereocenters. The highest BCUT2D eigenvalue weighted by molar-refractivity contribution is 7.09. The van der Waals surface area contributed by atoms with Crippen molar-refractivity contribution in [1.82, 2.24) is 0 Å². The number of carbonyl (C=O) groups is 1. The van der Waals surface area contributed by atoms with Crippen LogP contribution in [0.25, 0.3) is 0 Å². The molecular formula is C27H56NO2P. The van der Waals surface area contributed by atoms with Crippen molar-refractivity contribution in [2.24, 2.45) is 0 Å². The van der Waals surface area contributed by atoms with Gasteiger partial charge in [-0.15, -0.1) is 0 Å². The highest BCUT2D eigenvalue weighted by Crippen LogP contribution is 2.15. The summed E-state index contributed by atoms with van der Waals surface area (Å²) in [5.41, 5.74) is 0. The standard InChI is InChI=1S/C27H56NO2P/c1-5-6-7-8-9-10-11-12-13-14-15-16-17-18-19-20-21-22-23-24-26(29)27(30-31)25-28(2,3)4/h27,31H,5-25H2,1-4H3. The average Bonchev–Trinajstić information content (AvgIpc) is 2.72. The summed E-state index contributed by atoms with van der Waals surface area (Å²) in [6, 6.07) is 0. The Morgan fingerprint density at radius 1 is 0.645 bits per heavy atom. The van der Waals surface area contributed by atoms with Gasteiger partial charge in [-0.1, -0.05) is 122 Å². The topological polar surface area (TPSA) is 26.3 Å². The van der Waals surface area contributed by atoms with Crippen molar-refractivity contribution in [3.63, 3.8) is 0 Å². The fraction of sp³-hybridized carbons (Fsp3) is 0.963. The van der Waals surface area contributed by atoms with Crippen LogP contribution in [0.1, 0.15) is 135 Å². The second-order valence-corrected chi connectivity index (χ2v) is 10.9. The van der Waals surface area contributed by atoms with Crippen molar-refractivity contribution in [3.8, 4) is 0 Å². The molecule has 186 valence electrons. The van der Waals surface area contributed by atoms with Crippen LogP contribution >= 0.6 is 9.47 Å². The van der Waals surface area contributed by atoms with Crippen LogP contribution in [-0.2, 0) is 9.32 Å². The molecule has 1 unspecified atom stereocenters. The number of unbranched alkanes of at least 4 members (excludes halogenated alkanes) is 18. The van der Waals surface area contributed by atoms with Crippen molar-refractivity contribution < 1.29 is 13.8 Å². The third-order valence-electron chi connectivity index (χ3n) is 6.24. The summed E-state index contributed by atoms with van der Waals surface area (Å²) in [4.78, 5) is 12.3. The minimum absolute atomic E-state index is 0.232. The second kappa shape index (κ2) is 21.8. The Hall–Kier alpha value is 0.0200. The monoisotopic (exact) mass is 457 g/mol. The average molecular weight is 458 g/mol. The Kier molecular flexibility index (Phi) is 21.9. The molecule has 0 N–H and O–H groups in total. The van der Waals surface area contributed by atoms with Gasteiger partial charge in [0.1, 0.15) is 12.6 Å². The quantitative estimate of drug-likeness (QED) is 0.0824. The third kappa shape index (κ3) is 23.0. The Morgan fingerprint density at radius 2 is 0.968 bits per heavy atom. The first kappa shape index (κ1) is 31.0. The van der Waals surface area contributed by atoms with Crippen molar-refractivity contribution in [2.75, 3.05) is 27.7 Å². The fourth-order valence-corrected chi connectivity index (χ4v) is 4.45. The van der Waals surface area contributed by atoms with Gasteiger partial charge in [0, 0.05) is 6.42 Å². The molecule has 0 saturated heterocycles. The van der Waals surface area contributed by atoms with Gasteiger partial charge in [0.05, 0.1) is 21.1 Å². The van der Waals surface area contributed by atoms with E-state index < -0.39 is 0 Å². The Bertz CT molecular complexity index is 395. The zero-order valence-corrected chi connectivity index (χ0v) is 22.7. The zero-order chi connectivity index (χ0) is 23.2. The molecule has 0 amide bonds. The summed E-state index contributed by atoms with van der Waals surface area (Å²) < 4.78 is 5.96. The van der Waals surface area contributed by atoms with E-state index in [0.29, 0.717) is 13.0 Å². The zero-order valence-electron chi connectivity index (χ0n) is 21.7. The molecule has 0 aromatic heterocycles. The largest absolute Gasteiger partial charge is 0.549 e. The predicted molar refractivity (Wildman–Crippen MR) is 139 cm³/mol. The van der Waals surface area contributed by atoms with Gasteiger partial charge in [-0.25, -0.2) is 0 Å². The van der Waals surface area contributed by atoms with E-state index in [0.717, 1.165) is 10.9 Å². The molecule has 4 heteroatoms. The lowest BCUT2D eigenvalue weighted by atomic mass is 10.0. The number of ketones is 1. The third-order valence-corrected chi connectivity index (χ3v) is 6.53. The van der Waals surface area contributed by atoms with Crippen LogP contribution in [0.2, 0.25) is 0 Å². The molecule has 0 saturated carbocycles. The van der Waals surface area contributed by atoms with Crippen molar-refractivity contribution in [3.05, 3.63) is 0 Å². The molecule has 0 rings (SSSR count). The van der Waals surface area contributed by atoms with Gasteiger partial charge < -0.3 is 18.5 Å². The van der Waals surface area contributed by atoms with E-state index in [1.54, 1.807) is 0 Å². The SMILES string of the molecule is CCCCCCCCCCCCCCCCCCCCCC(=O)C(C[N+](C)(C)C)O[PH-]. The van der Waals surface area contributed by atoms with E-state index in [1.807, 2.05) is 0 Å². The van der Waals surface area contributed by atoms with Gasteiger partial charge in [0.15, 0.2) is 5.78 Å². The van der Waals surface area contributed by atoms with Gasteiger partial charge in [-0.05, 0) is 6.42 Å². The number of likely N-dealkylation sites (N-methyl/N-ethyl adjacent to an activating group) is 1. The predicted octanol–water partition coefficient (Wildman–Crippen LogP) is 8.53. The lowest BCUT2D eigenvalue weighted by Crippen LogP contribution is -2.44. The van der Waals surface area contributed by atoms with Crippen molar-refractivity contribution in [2.45, 2.75) is 141 Å². The van der Waals surface area contributed by atoms with E-state index >= 15 is 0 Å². The van der Waals surface area contributed by atoms with E-state index in [2.05, 4.69) is 37.5 Å². The van der Waals surface area contributed by atoms with Crippen LogP contribution in [-0.4, -0.2) is 44.1 Å². The number of Topliss-reactive ketones (excluding diaryl/α,β-unsaturated/α-hetero) is 1. The number of quaternary nitrogens is 1. The normalized spacial score (nSPS) is 12.9. The van der Waals surface area contributed by atoms with Crippen LogP contribution in [0.4, 0.5) is 0 Å². The highest BCUT2D eigenvalue weighted by Gasteiger charge is 2.21. The molecule has 0 bridgehead atoms. The van der Waals surface area contributed by atoms with Crippen LogP contribution in [0, 0.1) is 0 Å². The fourth-order valence-electron chi connectivity index (χ4n) is 4.24. The summed E-state index contributed by atoms with van der Waals surface area (Å²) in [6.45, 7) is 3.00. The maximum absolute atomic E-state index is 12.3. The van der Waals surface area contributed by atoms with E-state index in [4.69, 9.17) is 4.52 Å². The Balaban J connectivity index is 3.30. The summed E-state index contributed by atoms with van der Waals surface area (Å²) in [5, 5.41) is 0. The lowest BCUT2D eigenvalue weighted by Gasteiger charge is -2.30. The van der Waals surface area contributed by atoms with Crippen molar-refractivity contribution in [1.29, 1.82) is 0 Å². The van der Waals surface area contributed by atoms with Crippen LogP contribution in [0.15, 0.2) is 0 Å². The smallest absolute Gasteiger partial charge is 0.164 e. The summed E-state index contributed by atoms with van der Waals surface area (Å²) >= 11 is 0. The summed E-state index contributed by atoms with van der Waals surface area (Å²) in [6.07, 6.45) is 26.5. The first-order chi connectivity index (χ1) is 14.9. The number of hydrogen-bond acceptors (Lipinski definition) is 2. The maximum Gasteiger partial charge on any atom is 0.164 e. The van der Waals surface area contributed by atoms with Crippen LogP contribution in [0.5, 0.6) is 0 Å². The van der Waals surface area contributed by atoms with Gasteiger partial charge in [0.25, 0.3) is 0 Å². The van der Waals surface area contributed by atoms with Gasteiger partial charge in [0.2, 0.25) is 0 Å². The molecule has 0 aromatic rings. The lowest BCUT2D eigenvalue weighted by molar-refractivity contribution is -0.872. The van der Waals surface area contributed by atoms with Crippen molar-refractivity contribution >= 4 is 15.2 Å². The van der Waals surface area contributed by atoms with E-state index in [9.17, 15) is 4.79 Å².